The molecule has 3 atom stereocenters. The summed E-state index contributed by atoms with van der Waals surface area (Å²) in [5.74, 6) is 1.17. The van der Waals surface area contributed by atoms with Crippen LogP contribution in [0.1, 0.15) is 114 Å². The zero-order chi connectivity index (χ0) is 64.1. The number of anilines is 4. The summed E-state index contributed by atoms with van der Waals surface area (Å²) in [6, 6.07) is 10.6. The molecular weight excluding hydrogens is 1160 g/mol. The van der Waals surface area contributed by atoms with Crippen molar-refractivity contribution in [2.75, 3.05) is 107 Å². The number of carbonyl (C=O) groups excluding carboxylic acids is 3. The first-order valence-corrected chi connectivity index (χ1v) is 32.2. The predicted molar refractivity (Wildman–Crippen MR) is 340 cm³/mol. The van der Waals surface area contributed by atoms with Crippen molar-refractivity contribution in [1.82, 2.24) is 59.2 Å². The third kappa shape index (κ3) is 13.9. The number of halogens is 1. The summed E-state index contributed by atoms with van der Waals surface area (Å²) < 4.78 is 54.6. The molecule has 2 aromatic carbocycles. The van der Waals surface area contributed by atoms with Crippen LogP contribution in [0.5, 0.6) is 5.75 Å². The number of hydrogen-bond donors (Lipinski definition) is 2. The van der Waals surface area contributed by atoms with Crippen LogP contribution in [-0.4, -0.2) is 206 Å². The lowest BCUT2D eigenvalue weighted by Gasteiger charge is -2.48. The van der Waals surface area contributed by atoms with E-state index in [0.29, 0.717) is 111 Å². The highest BCUT2D eigenvalue weighted by Crippen LogP contribution is 2.41. The number of fused-ring (bicyclic) bond motifs is 2. The highest BCUT2D eigenvalue weighted by atomic mass is 32.2. The molecular formula is C64H86FN15O8S. The van der Waals surface area contributed by atoms with Crippen LogP contribution in [0.2, 0.25) is 0 Å². The van der Waals surface area contributed by atoms with E-state index in [1.54, 1.807) is 78.8 Å². The number of aromatic amines is 1. The van der Waals surface area contributed by atoms with Crippen molar-refractivity contribution in [3.8, 4) is 5.75 Å². The van der Waals surface area contributed by atoms with Gasteiger partial charge >= 0.3 is 6.09 Å². The van der Waals surface area contributed by atoms with E-state index in [1.807, 2.05) is 66.4 Å². The second kappa shape index (κ2) is 25.3. The Morgan fingerprint density at radius 2 is 1.56 bits per heavy atom. The minimum absolute atomic E-state index is 0.0653. The lowest BCUT2D eigenvalue weighted by atomic mass is 9.90. The molecule has 3 amide bonds. The standard InChI is InChI=1S/C64H86FN15O8S/c1-40-33-77(25-24-76(40)35-48-36-79(61(84)88-62(5,6)7)41(2)34-78(48)37-54(81)80-38-64(11,12)55-51(80)28-45(58(82)73(55)13)27-44-15-17-47(65)18-16-44)59(83)46-31-66-60(67-32-46)75-22-20-74(21-23-75)19-14-26-87-52-30-50-49(29-53(52)89(85,86)63(8,9)10)57(69-39-68-50)70-56-42(3)43(4)71-72-56/h15-18,28-32,39-41,48H,14,19-27,33-38H2,1-13H3,(H2,68,69,70,71,72)/t40-,41-,48+/m1/s1. The largest absolute Gasteiger partial charge is 0.492 e. The zero-order valence-electron chi connectivity index (χ0n) is 53.7. The minimum atomic E-state index is -3.85. The molecule has 0 aliphatic carbocycles. The number of aryl methyl sites for hydroxylation is 1. The Morgan fingerprint density at radius 3 is 2.21 bits per heavy atom. The first-order valence-electron chi connectivity index (χ1n) is 30.8. The third-order valence-corrected chi connectivity index (χ3v) is 20.2. The number of carbonyl (C=O) groups is 3. The molecule has 4 aromatic heterocycles. The summed E-state index contributed by atoms with van der Waals surface area (Å²) in [5, 5.41) is 11.1. The van der Waals surface area contributed by atoms with Gasteiger partial charge in [0.2, 0.25) is 11.9 Å². The van der Waals surface area contributed by atoms with E-state index >= 15 is 0 Å². The van der Waals surface area contributed by atoms with Gasteiger partial charge in [0, 0.05) is 156 Å². The molecule has 89 heavy (non-hydrogen) atoms. The average Bonchev–Trinajstić information content (AvgIpc) is 2.00. The van der Waals surface area contributed by atoms with E-state index in [4.69, 9.17) is 9.47 Å². The fourth-order valence-electron chi connectivity index (χ4n) is 12.5. The van der Waals surface area contributed by atoms with E-state index in [9.17, 15) is 32.0 Å². The Balaban J connectivity index is 0.738. The highest BCUT2D eigenvalue weighted by Gasteiger charge is 2.44. The SMILES string of the molecule is Cc1[nH]nc(Nc2ncnc3cc(OCCCN4CCN(c5ncc(C(=O)N6CCN(C[C@H]7CN(C(=O)OC(C)(C)C)[C@H](C)CN7CC(=O)N7CC(C)(C)c8c7cc(Cc7ccc(F)cc7)c(=O)n8C)[C@H](C)C6)cn5)CC4)c(S(=O)(=O)C(C)(C)C)cc23)c1C. The number of rotatable bonds is 16. The number of piperazine rings is 3. The van der Waals surface area contributed by atoms with E-state index in [2.05, 4.69) is 62.0 Å². The molecule has 23 nitrogen and oxygen atoms in total. The normalized spacial score (nSPS) is 19.6. The molecule has 4 aliphatic rings. The van der Waals surface area contributed by atoms with Gasteiger partial charge in [-0.25, -0.2) is 37.5 Å². The maximum absolute atomic E-state index is 14.8. The predicted octanol–water partition coefficient (Wildman–Crippen LogP) is 6.88. The number of benzene rings is 2. The minimum Gasteiger partial charge on any atom is -0.492 e. The highest BCUT2D eigenvalue weighted by molar-refractivity contribution is 7.92. The Kier molecular flexibility index (Phi) is 18.3. The summed E-state index contributed by atoms with van der Waals surface area (Å²) in [5.41, 5.74) is 4.13. The van der Waals surface area contributed by atoms with Gasteiger partial charge in [-0.1, -0.05) is 26.0 Å². The first-order chi connectivity index (χ1) is 42.0. The second-order valence-corrected chi connectivity index (χ2v) is 29.7. The molecule has 25 heteroatoms. The number of nitrogens with zero attached hydrogens (tertiary/aromatic N) is 13. The van der Waals surface area contributed by atoms with E-state index < -0.39 is 31.7 Å². The summed E-state index contributed by atoms with van der Waals surface area (Å²) in [6.07, 6.45) is 5.16. The van der Waals surface area contributed by atoms with Gasteiger partial charge in [0.1, 0.15) is 34.2 Å². The van der Waals surface area contributed by atoms with Crippen molar-refractivity contribution in [3.63, 3.8) is 0 Å². The fraction of sp³-hybridized carbons (Fsp3) is 0.547. The topological polar surface area (TPSA) is 241 Å². The van der Waals surface area contributed by atoms with Crippen LogP contribution in [0.25, 0.3) is 10.9 Å². The smallest absolute Gasteiger partial charge is 0.410 e. The van der Waals surface area contributed by atoms with Crippen LogP contribution in [0.15, 0.2) is 70.9 Å². The van der Waals surface area contributed by atoms with Gasteiger partial charge in [0.05, 0.1) is 40.4 Å². The second-order valence-electron chi connectivity index (χ2n) is 27.0. The molecule has 0 unspecified atom stereocenters. The van der Waals surface area contributed by atoms with Gasteiger partial charge in [-0.15, -0.1) is 0 Å². The van der Waals surface area contributed by atoms with Crippen LogP contribution < -0.4 is 25.4 Å². The number of pyridine rings is 1. The van der Waals surface area contributed by atoms with E-state index in [0.717, 1.165) is 42.1 Å². The van der Waals surface area contributed by atoms with Crippen LogP contribution >= 0.6 is 0 Å². The van der Waals surface area contributed by atoms with Gasteiger partial charge in [-0.3, -0.25) is 34.2 Å². The van der Waals surface area contributed by atoms with Crippen LogP contribution in [0, 0.1) is 19.7 Å². The van der Waals surface area contributed by atoms with E-state index in [-0.39, 0.29) is 71.5 Å². The van der Waals surface area contributed by atoms with Crippen molar-refractivity contribution in [1.29, 1.82) is 0 Å². The molecule has 3 fully saturated rings. The number of nitrogens with one attached hydrogen (secondary N) is 2. The summed E-state index contributed by atoms with van der Waals surface area (Å²) in [7, 11) is -2.10. The quantitative estimate of drug-likeness (QED) is 0.0939. The third-order valence-electron chi connectivity index (χ3n) is 17.7. The Bertz CT molecular complexity index is 3780. The van der Waals surface area contributed by atoms with Crippen molar-refractivity contribution in [2.24, 2.45) is 7.05 Å². The van der Waals surface area contributed by atoms with Gasteiger partial charge in [0.25, 0.3) is 11.5 Å². The number of sulfone groups is 1. The summed E-state index contributed by atoms with van der Waals surface area (Å²) in [6.45, 7) is 29.6. The number of ether oxygens (including phenoxy) is 2. The van der Waals surface area contributed by atoms with Gasteiger partial charge < -0.3 is 39.0 Å². The Morgan fingerprint density at radius 1 is 0.854 bits per heavy atom. The molecule has 2 N–H and O–H groups in total. The zero-order valence-corrected chi connectivity index (χ0v) is 54.5. The number of hydrogen-bond acceptors (Lipinski definition) is 18. The molecule has 10 rings (SSSR count). The molecule has 8 heterocycles. The van der Waals surface area contributed by atoms with Gasteiger partial charge in [-0.2, -0.15) is 5.10 Å². The first kappa shape index (κ1) is 64.4. The van der Waals surface area contributed by atoms with Gasteiger partial charge in [-0.05, 0) is 105 Å². The monoisotopic (exact) mass is 1240 g/mol. The van der Waals surface area contributed by atoms with Crippen LogP contribution in [0.3, 0.4) is 0 Å². The molecule has 0 spiro atoms. The molecule has 478 valence electrons. The van der Waals surface area contributed by atoms with Gasteiger partial charge in [0.15, 0.2) is 15.7 Å². The van der Waals surface area contributed by atoms with Crippen molar-refractivity contribution in [2.45, 2.75) is 135 Å². The maximum Gasteiger partial charge on any atom is 0.410 e. The number of aromatic nitrogens is 7. The molecule has 4 aliphatic heterocycles. The molecule has 3 saturated heterocycles. The molecule has 6 aromatic rings. The number of amides is 3. The van der Waals surface area contributed by atoms with Crippen molar-refractivity contribution < 1.29 is 36.7 Å². The van der Waals surface area contributed by atoms with E-state index in [1.165, 1.54) is 18.5 Å². The average molecular weight is 1240 g/mol. The lowest BCUT2D eigenvalue weighted by Crippen LogP contribution is -2.65. The van der Waals surface area contributed by atoms with Crippen molar-refractivity contribution in [3.05, 3.63) is 111 Å². The lowest BCUT2D eigenvalue weighted by molar-refractivity contribution is -0.121. The van der Waals surface area contributed by atoms with Crippen LogP contribution in [0.4, 0.5) is 32.5 Å². The Labute approximate surface area is 520 Å². The fourth-order valence-corrected chi connectivity index (χ4v) is 13.8. The maximum atomic E-state index is 14.8. The summed E-state index contributed by atoms with van der Waals surface area (Å²) >= 11 is 0. The molecule has 0 radical (unpaired) electrons. The van der Waals surface area contributed by atoms with Crippen LogP contribution in [-0.2, 0) is 38.3 Å². The number of H-pyrrole nitrogens is 1. The van der Waals surface area contributed by atoms with Crippen molar-refractivity contribution >= 4 is 61.9 Å². The molecule has 0 saturated carbocycles. The summed E-state index contributed by atoms with van der Waals surface area (Å²) in [4.78, 5) is 89.1. The Hall–Kier alpha value is -7.61. The molecule has 0 bridgehead atoms.